The zero-order valence-electron chi connectivity index (χ0n) is 10.1. The van der Waals surface area contributed by atoms with Gasteiger partial charge in [-0.25, -0.2) is 0 Å². The average molecular weight is 262 g/mol. The maximum atomic E-state index is 12.0. The van der Waals surface area contributed by atoms with Crippen LogP contribution >= 0.6 is 11.6 Å². The maximum Gasteiger partial charge on any atom is 0.258 e. The standard InChI is InChI=1S/C13H12ClN3O/c1-8-3-4-10(6-15-8)17-13(18)11-7-16-9(2)5-12(11)14/h3-7H,1-2H3,(H,17,18). The van der Waals surface area contributed by atoms with Crippen LogP contribution in [-0.4, -0.2) is 15.9 Å². The fourth-order valence-electron chi connectivity index (χ4n) is 1.43. The Morgan fingerprint density at radius 3 is 2.50 bits per heavy atom. The van der Waals surface area contributed by atoms with Crippen molar-refractivity contribution in [1.82, 2.24) is 9.97 Å². The van der Waals surface area contributed by atoms with Crippen LogP contribution in [0.4, 0.5) is 5.69 Å². The number of rotatable bonds is 2. The van der Waals surface area contributed by atoms with Crippen LogP contribution in [0.15, 0.2) is 30.6 Å². The molecule has 0 fully saturated rings. The Morgan fingerprint density at radius 2 is 1.89 bits per heavy atom. The number of nitrogens with zero attached hydrogens (tertiary/aromatic N) is 2. The molecule has 0 radical (unpaired) electrons. The summed E-state index contributed by atoms with van der Waals surface area (Å²) in [4.78, 5) is 20.1. The van der Waals surface area contributed by atoms with Crippen molar-refractivity contribution in [3.8, 4) is 0 Å². The van der Waals surface area contributed by atoms with Crippen LogP contribution in [0.25, 0.3) is 0 Å². The summed E-state index contributed by atoms with van der Waals surface area (Å²) in [6.45, 7) is 3.70. The molecule has 0 spiro atoms. The van der Waals surface area contributed by atoms with Crippen molar-refractivity contribution in [3.63, 3.8) is 0 Å². The Labute approximate surface area is 110 Å². The van der Waals surface area contributed by atoms with E-state index in [1.54, 1.807) is 18.3 Å². The Kier molecular flexibility index (Phi) is 3.58. The molecule has 0 saturated heterocycles. The average Bonchev–Trinajstić information content (AvgIpc) is 2.32. The van der Waals surface area contributed by atoms with Crippen molar-refractivity contribution in [1.29, 1.82) is 0 Å². The lowest BCUT2D eigenvalue weighted by atomic mass is 10.2. The largest absolute Gasteiger partial charge is 0.320 e. The van der Waals surface area contributed by atoms with Gasteiger partial charge < -0.3 is 5.32 Å². The molecule has 2 aromatic rings. The number of carbonyl (C=O) groups excluding carboxylic acids is 1. The molecule has 0 atom stereocenters. The second kappa shape index (κ2) is 5.14. The van der Waals surface area contributed by atoms with Gasteiger partial charge in [-0.3, -0.25) is 14.8 Å². The van der Waals surface area contributed by atoms with Crippen molar-refractivity contribution in [2.45, 2.75) is 13.8 Å². The zero-order valence-corrected chi connectivity index (χ0v) is 10.8. The third-order valence-electron chi connectivity index (χ3n) is 2.40. The van der Waals surface area contributed by atoms with Gasteiger partial charge in [0.1, 0.15) is 0 Å². The Hall–Kier alpha value is -1.94. The van der Waals surface area contributed by atoms with Crippen molar-refractivity contribution in [3.05, 3.63) is 52.6 Å². The fourth-order valence-corrected chi connectivity index (χ4v) is 1.73. The van der Waals surface area contributed by atoms with E-state index in [4.69, 9.17) is 11.6 Å². The third kappa shape index (κ3) is 2.84. The predicted octanol–water partition coefficient (Wildman–Crippen LogP) is 3.00. The molecule has 0 saturated carbocycles. The van der Waals surface area contributed by atoms with E-state index >= 15 is 0 Å². The van der Waals surface area contributed by atoms with E-state index in [2.05, 4.69) is 15.3 Å². The highest BCUT2D eigenvalue weighted by Gasteiger charge is 2.11. The van der Waals surface area contributed by atoms with Gasteiger partial charge in [-0.05, 0) is 32.0 Å². The number of hydrogen-bond donors (Lipinski definition) is 1. The Balaban J connectivity index is 2.19. The first-order chi connectivity index (χ1) is 8.56. The molecule has 0 aliphatic heterocycles. The Morgan fingerprint density at radius 1 is 1.17 bits per heavy atom. The smallest absolute Gasteiger partial charge is 0.258 e. The lowest BCUT2D eigenvalue weighted by Gasteiger charge is -2.06. The van der Waals surface area contributed by atoms with E-state index < -0.39 is 0 Å². The van der Waals surface area contributed by atoms with E-state index in [0.717, 1.165) is 11.4 Å². The number of nitrogens with one attached hydrogen (secondary N) is 1. The molecular weight excluding hydrogens is 250 g/mol. The van der Waals surface area contributed by atoms with Crippen LogP contribution in [0.5, 0.6) is 0 Å². The minimum Gasteiger partial charge on any atom is -0.320 e. The first-order valence-electron chi connectivity index (χ1n) is 5.42. The lowest BCUT2D eigenvalue weighted by molar-refractivity contribution is 0.102. The number of hydrogen-bond acceptors (Lipinski definition) is 3. The number of aryl methyl sites for hydroxylation is 2. The molecule has 4 nitrogen and oxygen atoms in total. The molecule has 92 valence electrons. The van der Waals surface area contributed by atoms with Crippen molar-refractivity contribution < 1.29 is 4.79 Å². The highest BCUT2D eigenvalue weighted by molar-refractivity contribution is 6.34. The quantitative estimate of drug-likeness (QED) is 0.904. The summed E-state index contributed by atoms with van der Waals surface area (Å²) in [7, 11) is 0. The molecule has 1 amide bonds. The van der Waals surface area contributed by atoms with E-state index in [9.17, 15) is 4.79 Å². The summed E-state index contributed by atoms with van der Waals surface area (Å²) in [6.07, 6.45) is 3.07. The molecule has 0 bridgehead atoms. The van der Waals surface area contributed by atoms with Crippen LogP contribution in [0, 0.1) is 13.8 Å². The molecule has 5 heteroatoms. The molecule has 1 N–H and O–H groups in total. The second-order valence-corrected chi connectivity index (χ2v) is 4.36. The van der Waals surface area contributed by atoms with Gasteiger partial charge in [-0.2, -0.15) is 0 Å². The second-order valence-electron chi connectivity index (χ2n) is 3.95. The zero-order chi connectivity index (χ0) is 13.1. The minimum atomic E-state index is -0.293. The van der Waals surface area contributed by atoms with E-state index in [-0.39, 0.29) is 5.91 Å². The van der Waals surface area contributed by atoms with Gasteiger partial charge >= 0.3 is 0 Å². The van der Waals surface area contributed by atoms with Gasteiger partial charge in [0.15, 0.2) is 0 Å². The number of carbonyl (C=O) groups is 1. The number of pyridine rings is 2. The first kappa shape index (κ1) is 12.5. The molecule has 0 unspecified atom stereocenters. The number of amides is 1. The van der Waals surface area contributed by atoms with E-state index in [1.807, 2.05) is 19.9 Å². The van der Waals surface area contributed by atoms with Crippen molar-refractivity contribution >= 4 is 23.2 Å². The van der Waals surface area contributed by atoms with Crippen LogP contribution in [0.3, 0.4) is 0 Å². The summed E-state index contributed by atoms with van der Waals surface area (Å²) in [5.41, 5.74) is 2.64. The summed E-state index contributed by atoms with van der Waals surface area (Å²) < 4.78 is 0. The highest BCUT2D eigenvalue weighted by Crippen LogP contribution is 2.17. The van der Waals surface area contributed by atoms with Crippen LogP contribution in [-0.2, 0) is 0 Å². The normalized spacial score (nSPS) is 10.2. The van der Waals surface area contributed by atoms with Gasteiger partial charge in [-0.1, -0.05) is 11.6 Å². The molecule has 2 rings (SSSR count). The van der Waals surface area contributed by atoms with Gasteiger partial charge in [0.25, 0.3) is 5.91 Å². The van der Waals surface area contributed by atoms with Crippen LogP contribution in [0.1, 0.15) is 21.7 Å². The molecule has 2 heterocycles. The SMILES string of the molecule is Cc1ccc(NC(=O)c2cnc(C)cc2Cl)cn1. The van der Waals surface area contributed by atoms with Crippen molar-refractivity contribution in [2.75, 3.05) is 5.32 Å². The molecule has 0 aliphatic rings. The lowest BCUT2D eigenvalue weighted by Crippen LogP contribution is -2.13. The Bertz CT molecular complexity index is 581. The van der Waals surface area contributed by atoms with Crippen LogP contribution < -0.4 is 5.32 Å². The highest BCUT2D eigenvalue weighted by atomic mass is 35.5. The maximum absolute atomic E-state index is 12.0. The summed E-state index contributed by atoms with van der Waals surface area (Å²) in [5, 5.41) is 3.11. The molecule has 18 heavy (non-hydrogen) atoms. The van der Waals surface area contributed by atoms with Gasteiger partial charge in [0.05, 0.1) is 22.5 Å². The molecule has 2 aromatic heterocycles. The van der Waals surface area contributed by atoms with Crippen molar-refractivity contribution in [2.24, 2.45) is 0 Å². The summed E-state index contributed by atoms with van der Waals surface area (Å²) >= 11 is 6.00. The van der Waals surface area contributed by atoms with E-state index in [1.165, 1.54) is 6.20 Å². The van der Waals surface area contributed by atoms with Gasteiger partial charge in [-0.15, -0.1) is 0 Å². The third-order valence-corrected chi connectivity index (χ3v) is 2.72. The molecular formula is C13H12ClN3O. The summed E-state index contributed by atoms with van der Waals surface area (Å²) in [5.74, 6) is -0.293. The number of anilines is 1. The fraction of sp³-hybridized carbons (Fsp3) is 0.154. The molecule has 0 aliphatic carbocycles. The monoisotopic (exact) mass is 261 g/mol. The van der Waals surface area contributed by atoms with Gasteiger partial charge in [0.2, 0.25) is 0 Å². The molecule has 0 aromatic carbocycles. The van der Waals surface area contributed by atoms with E-state index in [0.29, 0.717) is 16.3 Å². The number of aromatic nitrogens is 2. The first-order valence-corrected chi connectivity index (χ1v) is 5.80. The van der Waals surface area contributed by atoms with Gasteiger partial charge in [0, 0.05) is 17.6 Å². The predicted molar refractivity (Wildman–Crippen MR) is 70.9 cm³/mol. The topological polar surface area (TPSA) is 54.9 Å². The summed E-state index contributed by atoms with van der Waals surface area (Å²) in [6, 6.07) is 5.27. The number of halogens is 1. The minimum absolute atomic E-state index is 0.293. The van der Waals surface area contributed by atoms with Crippen LogP contribution in [0.2, 0.25) is 5.02 Å².